The number of carbonyl (C=O) groups excluding carboxylic acids is 1. The minimum Gasteiger partial charge on any atom is -0.373 e. The largest absolute Gasteiger partial charge is 0.389 e. The van der Waals surface area contributed by atoms with Crippen molar-refractivity contribution in [2.75, 3.05) is 13.2 Å². The molecule has 0 aliphatic rings. The van der Waals surface area contributed by atoms with Gasteiger partial charge in [-0.25, -0.2) is 0 Å². The lowest BCUT2D eigenvalue weighted by molar-refractivity contribution is -0.137. The Bertz CT molecular complexity index is 460. The van der Waals surface area contributed by atoms with Crippen molar-refractivity contribution >= 4 is 5.78 Å². The smallest absolute Gasteiger partial charge is 0.373 e. The van der Waals surface area contributed by atoms with Crippen LogP contribution in [0.3, 0.4) is 0 Å². The van der Waals surface area contributed by atoms with Crippen molar-refractivity contribution in [1.82, 2.24) is 0 Å². The molecule has 0 spiro atoms. The first-order valence-corrected chi connectivity index (χ1v) is 5.60. The van der Waals surface area contributed by atoms with Crippen LogP contribution in [0.4, 0.5) is 13.2 Å². The van der Waals surface area contributed by atoms with Crippen molar-refractivity contribution < 1.29 is 22.7 Å². The van der Waals surface area contributed by atoms with Gasteiger partial charge in [0.25, 0.3) is 0 Å². The van der Waals surface area contributed by atoms with Crippen LogP contribution in [0.1, 0.15) is 28.8 Å². The number of hydrogen-bond donors (Lipinski definition) is 0. The van der Waals surface area contributed by atoms with Crippen molar-refractivity contribution in [3.8, 4) is 6.07 Å². The minimum atomic E-state index is -4.19. The maximum absolute atomic E-state index is 11.8. The van der Waals surface area contributed by atoms with Crippen LogP contribution in [0.15, 0.2) is 24.3 Å². The van der Waals surface area contributed by atoms with E-state index in [9.17, 15) is 18.0 Å². The summed E-state index contributed by atoms with van der Waals surface area (Å²) < 4.78 is 40.4. The molecule has 1 aromatic rings. The summed E-state index contributed by atoms with van der Waals surface area (Å²) in [5, 5.41) is 8.58. The zero-order chi connectivity index (χ0) is 14.3. The third-order valence-electron chi connectivity index (χ3n) is 2.32. The fourth-order valence-corrected chi connectivity index (χ4v) is 1.35. The zero-order valence-corrected chi connectivity index (χ0v) is 10.0. The van der Waals surface area contributed by atoms with Gasteiger partial charge in [0.2, 0.25) is 0 Å². The summed E-state index contributed by atoms with van der Waals surface area (Å²) in [4.78, 5) is 11.6. The van der Waals surface area contributed by atoms with Gasteiger partial charge in [0.05, 0.1) is 11.6 Å². The first-order valence-electron chi connectivity index (χ1n) is 5.60. The van der Waals surface area contributed by atoms with Gasteiger partial charge in [-0.05, 0) is 18.6 Å². The second-order valence-corrected chi connectivity index (χ2v) is 3.88. The van der Waals surface area contributed by atoms with E-state index >= 15 is 0 Å². The number of nitriles is 1. The number of Topliss-reactive ketones (excluding diaryl/α,β-unsaturated/α-hetero) is 1. The molecule has 0 atom stereocenters. The van der Waals surface area contributed by atoms with Crippen molar-refractivity contribution in [3.63, 3.8) is 0 Å². The van der Waals surface area contributed by atoms with E-state index in [0.29, 0.717) is 11.1 Å². The van der Waals surface area contributed by atoms with Crippen LogP contribution in [0.25, 0.3) is 0 Å². The van der Waals surface area contributed by atoms with Crippen molar-refractivity contribution in [2.45, 2.75) is 19.0 Å². The Morgan fingerprint density at radius 2 is 1.89 bits per heavy atom. The molecule has 102 valence electrons. The lowest BCUT2D eigenvalue weighted by Gasteiger charge is -2.06. The Hall–Kier alpha value is -1.87. The molecule has 0 saturated carbocycles. The predicted molar refractivity (Wildman–Crippen MR) is 61.6 cm³/mol. The molecule has 1 aromatic carbocycles. The molecule has 0 amide bonds. The van der Waals surface area contributed by atoms with Crippen LogP contribution in [-0.4, -0.2) is 25.2 Å². The third kappa shape index (κ3) is 6.02. The third-order valence-corrected chi connectivity index (χ3v) is 2.32. The predicted octanol–water partition coefficient (Wildman–Crippen LogP) is 3.10. The van der Waals surface area contributed by atoms with Crippen LogP contribution in [0.5, 0.6) is 0 Å². The number of hydrogen-bond acceptors (Lipinski definition) is 3. The summed E-state index contributed by atoms with van der Waals surface area (Å²) in [7, 11) is 0. The average Bonchev–Trinajstić information content (AvgIpc) is 2.37. The summed E-state index contributed by atoms with van der Waals surface area (Å²) in [6, 6.07) is 7.88. The Balaban J connectivity index is 2.29. The van der Waals surface area contributed by atoms with Gasteiger partial charge in [-0.3, -0.25) is 4.79 Å². The molecular formula is C13H12F3NO2. The molecule has 0 heterocycles. The van der Waals surface area contributed by atoms with Crippen LogP contribution in [0, 0.1) is 11.3 Å². The summed E-state index contributed by atoms with van der Waals surface area (Å²) >= 11 is 0. The highest BCUT2D eigenvalue weighted by Crippen LogP contribution is 2.21. The molecule has 1 rings (SSSR count). The number of benzene rings is 1. The second kappa shape index (κ2) is 6.90. The lowest BCUT2D eigenvalue weighted by Crippen LogP contribution is -2.12. The van der Waals surface area contributed by atoms with E-state index in [1.165, 1.54) is 24.3 Å². The Morgan fingerprint density at radius 3 is 2.42 bits per heavy atom. The quantitative estimate of drug-likeness (QED) is 0.590. The van der Waals surface area contributed by atoms with Crippen LogP contribution >= 0.6 is 0 Å². The van der Waals surface area contributed by atoms with E-state index in [2.05, 4.69) is 0 Å². The molecule has 6 heteroatoms. The highest BCUT2D eigenvalue weighted by Gasteiger charge is 2.25. The average molecular weight is 271 g/mol. The summed E-state index contributed by atoms with van der Waals surface area (Å²) in [5.41, 5.74) is 0.803. The molecule has 0 aliphatic carbocycles. The molecular weight excluding hydrogens is 259 g/mol. The van der Waals surface area contributed by atoms with Gasteiger partial charge in [0.15, 0.2) is 5.78 Å². The van der Waals surface area contributed by atoms with Crippen LogP contribution in [-0.2, 0) is 4.74 Å². The number of nitrogens with zero attached hydrogens (tertiary/aromatic N) is 1. The number of carbonyl (C=O) groups is 1. The van der Waals surface area contributed by atoms with E-state index < -0.39 is 12.6 Å². The van der Waals surface area contributed by atoms with E-state index in [1.54, 1.807) is 0 Å². The highest BCUT2D eigenvalue weighted by molar-refractivity contribution is 5.97. The van der Waals surface area contributed by atoms with E-state index in [-0.39, 0.29) is 25.4 Å². The zero-order valence-electron chi connectivity index (χ0n) is 10.0. The molecule has 0 N–H and O–H groups in total. The van der Waals surface area contributed by atoms with Gasteiger partial charge < -0.3 is 4.74 Å². The van der Waals surface area contributed by atoms with Gasteiger partial charge in [0, 0.05) is 18.6 Å². The Morgan fingerprint density at radius 1 is 1.26 bits per heavy atom. The molecule has 3 nitrogen and oxygen atoms in total. The van der Waals surface area contributed by atoms with Gasteiger partial charge in [0.1, 0.15) is 6.61 Å². The fraction of sp³-hybridized carbons (Fsp3) is 0.385. The number of halogens is 3. The number of ether oxygens (including phenoxy) is 1. The monoisotopic (exact) mass is 271 g/mol. The van der Waals surface area contributed by atoms with Gasteiger partial charge >= 0.3 is 6.18 Å². The lowest BCUT2D eigenvalue weighted by atomic mass is 10.1. The number of ketones is 1. The fourth-order valence-electron chi connectivity index (χ4n) is 1.35. The first-order chi connectivity index (χ1) is 8.92. The number of rotatable bonds is 6. The van der Waals surface area contributed by atoms with E-state index in [1.807, 2.05) is 6.07 Å². The Kier molecular flexibility index (Phi) is 5.52. The normalized spacial score (nSPS) is 11.1. The molecule has 0 bridgehead atoms. The van der Waals surface area contributed by atoms with Crippen molar-refractivity contribution in [1.29, 1.82) is 5.26 Å². The SMILES string of the molecule is N#Cc1ccc(C(=O)COCCCC(F)(F)F)cc1. The minimum absolute atomic E-state index is 0.110. The Labute approximate surface area is 108 Å². The standard InChI is InChI=1S/C13H12F3NO2/c14-13(15,16)6-1-7-19-9-12(18)11-4-2-10(8-17)3-5-11/h2-5H,1,6-7,9H2. The highest BCUT2D eigenvalue weighted by atomic mass is 19.4. The van der Waals surface area contributed by atoms with Gasteiger partial charge in [-0.15, -0.1) is 0 Å². The van der Waals surface area contributed by atoms with E-state index in [4.69, 9.17) is 10.00 Å². The van der Waals surface area contributed by atoms with Crippen molar-refractivity contribution in [3.05, 3.63) is 35.4 Å². The van der Waals surface area contributed by atoms with E-state index in [0.717, 1.165) is 0 Å². The molecule has 0 aromatic heterocycles. The molecule has 19 heavy (non-hydrogen) atoms. The van der Waals surface area contributed by atoms with Crippen LogP contribution in [0.2, 0.25) is 0 Å². The molecule has 0 saturated heterocycles. The number of alkyl halides is 3. The van der Waals surface area contributed by atoms with Gasteiger partial charge in [-0.1, -0.05) is 12.1 Å². The maximum Gasteiger partial charge on any atom is 0.389 e. The molecule has 0 fully saturated rings. The summed E-state index contributed by atoms with van der Waals surface area (Å²) in [5.74, 6) is -0.323. The summed E-state index contributed by atoms with van der Waals surface area (Å²) in [6.07, 6.45) is -5.28. The van der Waals surface area contributed by atoms with Crippen molar-refractivity contribution in [2.24, 2.45) is 0 Å². The van der Waals surface area contributed by atoms with Gasteiger partial charge in [-0.2, -0.15) is 18.4 Å². The first kappa shape index (κ1) is 15.2. The molecule has 0 radical (unpaired) electrons. The molecule has 0 aliphatic heterocycles. The topological polar surface area (TPSA) is 50.1 Å². The molecule has 0 unspecified atom stereocenters. The second-order valence-electron chi connectivity index (χ2n) is 3.88. The van der Waals surface area contributed by atoms with Crippen LogP contribution < -0.4 is 0 Å². The summed E-state index contributed by atoms with van der Waals surface area (Å²) in [6.45, 7) is -0.370. The maximum atomic E-state index is 11.8.